The maximum atomic E-state index is 13.2. The molecule has 0 radical (unpaired) electrons. The molecule has 4 rings (SSSR count). The third-order valence-corrected chi connectivity index (χ3v) is 5.95. The van der Waals surface area contributed by atoms with E-state index in [0.717, 1.165) is 41.8 Å². The first-order valence-electron chi connectivity index (χ1n) is 9.29. The summed E-state index contributed by atoms with van der Waals surface area (Å²) >= 11 is 0. The van der Waals surface area contributed by atoms with Gasteiger partial charge >= 0.3 is 6.03 Å². The Morgan fingerprint density at radius 3 is 2.63 bits per heavy atom. The summed E-state index contributed by atoms with van der Waals surface area (Å²) in [5.41, 5.74) is 7.69. The Balaban J connectivity index is 0.00000210. The molecule has 4 amide bonds. The third kappa shape index (κ3) is 2.94. The van der Waals surface area contributed by atoms with Gasteiger partial charge in [-0.25, -0.2) is 9.69 Å². The standard InChI is InChI=1S/C19H24N4O3.ClH/c1-12(23-17(25)19(21-18(23)26)9-2-3-10-19)16(24)22-11-5-6-13-14(20)7-4-8-15(13)22;/h4,7-8,12H,2-3,5-6,9-11,20H2,1H3,(H,21,26);1H. The Hall–Kier alpha value is -2.28. The van der Waals surface area contributed by atoms with Crippen LogP contribution in [0.1, 0.15) is 44.6 Å². The molecule has 146 valence electrons. The van der Waals surface area contributed by atoms with Crippen molar-refractivity contribution in [2.24, 2.45) is 0 Å². The molecule has 0 bridgehead atoms. The molecule has 3 N–H and O–H groups in total. The smallest absolute Gasteiger partial charge is 0.325 e. The number of anilines is 2. The van der Waals surface area contributed by atoms with Gasteiger partial charge in [0.25, 0.3) is 5.91 Å². The van der Waals surface area contributed by atoms with Crippen molar-refractivity contribution in [3.05, 3.63) is 23.8 Å². The Morgan fingerprint density at radius 1 is 1.22 bits per heavy atom. The number of nitrogen functional groups attached to an aromatic ring is 1. The largest absolute Gasteiger partial charge is 0.398 e. The van der Waals surface area contributed by atoms with E-state index in [1.165, 1.54) is 0 Å². The van der Waals surface area contributed by atoms with E-state index in [4.69, 9.17) is 5.73 Å². The van der Waals surface area contributed by atoms with Gasteiger partial charge in [0.1, 0.15) is 11.6 Å². The van der Waals surface area contributed by atoms with Crippen molar-refractivity contribution in [1.29, 1.82) is 0 Å². The van der Waals surface area contributed by atoms with Gasteiger partial charge in [0.2, 0.25) is 5.91 Å². The van der Waals surface area contributed by atoms with Crippen molar-refractivity contribution in [3.63, 3.8) is 0 Å². The molecule has 1 atom stereocenters. The van der Waals surface area contributed by atoms with Gasteiger partial charge in [-0.15, -0.1) is 12.4 Å². The van der Waals surface area contributed by atoms with Crippen molar-refractivity contribution in [2.45, 2.75) is 57.0 Å². The Morgan fingerprint density at radius 2 is 1.93 bits per heavy atom. The second kappa shape index (κ2) is 7.03. The van der Waals surface area contributed by atoms with Crippen LogP contribution in [0.5, 0.6) is 0 Å². The summed E-state index contributed by atoms with van der Waals surface area (Å²) in [4.78, 5) is 41.3. The lowest BCUT2D eigenvalue weighted by atomic mass is 9.97. The molecule has 2 fully saturated rings. The van der Waals surface area contributed by atoms with Crippen LogP contribution in [0, 0.1) is 0 Å². The van der Waals surface area contributed by atoms with Crippen molar-refractivity contribution in [1.82, 2.24) is 10.2 Å². The van der Waals surface area contributed by atoms with Crippen LogP contribution < -0.4 is 16.0 Å². The first-order valence-corrected chi connectivity index (χ1v) is 9.29. The molecule has 1 spiro atoms. The van der Waals surface area contributed by atoms with Crippen LogP contribution in [-0.4, -0.2) is 40.9 Å². The summed E-state index contributed by atoms with van der Waals surface area (Å²) in [6, 6.07) is 4.24. The van der Waals surface area contributed by atoms with E-state index in [0.29, 0.717) is 25.1 Å². The molecule has 7 nitrogen and oxygen atoms in total. The molecule has 1 saturated heterocycles. The van der Waals surface area contributed by atoms with Gasteiger partial charge < -0.3 is 16.0 Å². The molecule has 1 aromatic carbocycles. The number of imide groups is 1. The quantitative estimate of drug-likeness (QED) is 0.595. The fraction of sp³-hybridized carbons (Fsp3) is 0.526. The average molecular weight is 393 g/mol. The van der Waals surface area contributed by atoms with Gasteiger partial charge in [0.15, 0.2) is 0 Å². The first kappa shape index (κ1) is 19.5. The van der Waals surface area contributed by atoms with E-state index in [1.54, 1.807) is 11.8 Å². The fourth-order valence-corrected chi connectivity index (χ4v) is 4.53. The van der Waals surface area contributed by atoms with E-state index in [9.17, 15) is 14.4 Å². The molecule has 1 unspecified atom stereocenters. The summed E-state index contributed by atoms with van der Waals surface area (Å²) in [6.07, 6.45) is 4.77. The lowest BCUT2D eigenvalue weighted by Gasteiger charge is -2.34. The van der Waals surface area contributed by atoms with Crippen LogP contribution >= 0.6 is 12.4 Å². The number of halogens is 1. The van der Waals surface area contributed by atoms with Crippen molar-refractivity contribution >= 4 is 41.6 Å². The number of carbonyl (C=O) groups is 3. The number of nitrogens with two attached hydrogens (primary N) is 1. The number of rotatable bonds is 2. The minimum atomic E-state index is -0.838. The molecule has 1 aliphatic carbocycles. The van der Waals surface area contributed by atoms with Gasteiger partial charge in [0, 0.05) is 17.9 Å². The number of nitrogens with one attached hydrogen (secondary N) is 1. The number of fused-ring (bicyclic) bond motifs is 1. The Kier molecular flexibility index (Phi) is 5.08. The van der Waals surface area contributed by atoms with Gasteiger partial charge in [-0.3, -0.25) is 9.59 Å². The van der Waals surface area contributed by atoms with Crippen LogP contribution in [0.2, 0.25) is 0 Å². The lowest BCUT2D eigenvalue weighted by Crippen LogP contribution is -2.52. The first-order chi connectivity index (χ1) is 12.4. The number of benzene rings is 1. The predicted octanol–water partition coefficient (Wildman–Crippen LogP) is 2.22. The highest BCUT2D eigenvalue weighted by atomic mass is 35.5. The third-order valence-electron chi connectivity index (χ3n) is 5.95. The van der Waals surface area contributed by atoms with Gasteiger partial charge in [0.05, 0.1) is 0 Å². The fourth-order valence-electron chi connectivity index (χ4n) is 4.53. The minimum absolute atomic E-state index is 0. The van der Waals surface area contributed by atoms with Crippen molar-refractivity contribution in [2.75, 3.05) is 17.2 Å². The van der Waals surface area contributed by atoms with Crippen LogP contribution in [0.3, 0.4) is 0 Å². The summed E-state index contributed by atoms with van der Waals surface area (Å²) in [5.74, 6) is -0.499. The molecule has 27 heavy (non-hydrogen) atoms. The molecule has 1 aromatic rings. The second-order valence-corrected chi connectivity index (χ2v) is 7.51. The molecule has 2 heterocycles. The number of hydrogen-bond donors (Lipinski definition) is 2. The van der Waals surface area contributed by atoms with E-state index < -0.39 is 17.6 Å². The number of hydrogen-bond acceptors (Lipinski definition) is 4. The zero-order valence-electron chi connectivity index (χ0n) is 15.4. The van der Waals surface area contributed by atoms with Crippen molar-refractivity contribution < 1.29 is 14.4 Å². The average Bonchev–Trinajstić information content (AvgIpc) is 3.19. The maximum Gasteiger partial charge on any atom is 0.325 e. The highest BCUT2D eigenvalue weighted by molar-refractivity contribution is 6.11. The summed E-state index contributed by atoms with van der Waals surface area (Å²) in [6.45, 7) is 2.20. The van der Waals surface area contributed by atoms with Gasteiger partial charge in [-0.1, -0.05) is 18.9 Å². The van der Waals surface area contributed by atoms with Crippen molar-refractivity contribution in [3.8, 4) is 0 Å². The molecule has 0 aromatic heterocycles. The monoisotopic (exact) mass is 392 g/mol. The normalized spacial score (nSPS) is 21.7. The number of urea groups is 1. The van der Waals surface area contributed by atoms with Crippen LogP contribution in [0.25, 0.3) is 0 Å². The minimum Gasteiger partial charge on any atom is -0.398 e. The van der Waals surface area contributed by atoms with Crippen LogP contribution in [0.15, 0.2) is 18.2 Å². The number of carbonyl (C=O) groups excluding carboxylic acids is 3. The molecule has 3 aliphatic rings. The topological polar surface area (TPSA) is 95.7 Å². The zero-order chi connectivity index (χ0) is 18.5. The lowest BCUT2D eigenvalue weighted by molar-refractivity contribution is -0.137. The van der Waals surface area contributed by atoms with Gasteiger partial charge in [-0.2, -0.15) is 0 Å². The zero-order valence-corrected chi connectivity index (χ0v) is 16.2. The van der Waals surface area contributed by atoms with E-state index in [2.05, 4.69) is 5.32 Å². The summed E-state index contributed by atoms with van der Waals surface area (Å²) in [5, 5.41) is 2.84. The second-order valence-electron chi connectivity index (χ2n) is 7.51. The van der Waals surface area contributed by atoms with E-state index >= 15 is 0 Å². The maximum absolute atomic E-state index is 13.2. The van der Waals surface area contributed by atoms with Crippen LogP contribution in [0.4, 0.5) is 16.2 Å². The van der Waals surface area contributed by atoms with Gasteiger partial charge in [-0.05, 0) is 50.3 Å². The molecule has 2 aliphatic heterocycles. The molecular formula is C19H25ClN4O3. The summed E-state index contributed by atoms with van der Waals surface area (Å²) in [7, 11) is 0. The molecular weight excluding hydrogens is 368 g/mol. The van der Waals surface area contributed by atoms with E-state index in [1.807, 2.05) is 18.2 Å². The Bertz CT molecular complexity index is 791. The molecule has 8 heteroatoms. The highest BCUT2D eigenvalue weighted by Gasteiger charge is 2.55. The predicted molar refractivity (Wildman–Crippen MR) is 105 cm³/mol. The Labute approximate surface area is 164 Å². The summed E-state index contributed by atoms with van der Waals surface area (Å²) < 4.78 is 0. The molecule has 1 saturated carbocycles. The van der Waals surface area contributed by atoms with Crippen LogP contribution in [-0.2, 0) is 16.0 Å². The van der Waals surface area contributed by atoms with E-state index in [-0.39, 0.29) is 24.2 Å². The SMILES string of the molecule is CC(C(=O)N1CCCc2c(N)cccc21)N1C(=O)NC2(CCCC2)C1=O.Cl. The number of nitrogens with zero attached hydrogens (tertiary/aromatic N) is 2. The number of amides is 4. The highest BCUT2D eigenvalue weighted by Crippen LogP contribution is 2.37.